The Morgan fingerprint density at radius 1 is 1.47 bits per heavy atom. The van der Waals surface area contributed by atoms with E-state index in [1.807, 2.05) is 30.8 Å². The SMILES string of the molecule is CCOc1ccccc1C1NC(C)CS1. The number of thioether (sulfide) groups is 1. The monoisotopic (exact) mass is 223 g/mol. The zero-order valence-electron chi connectivity index (χ0n) is 9.19. The van der Waals surface area contributed by atoms with Gasteiger partial charge in [-0.2, -0.15) is 0 Å². The minimum atomic E-state index is 0.391. The molecule has 2 nitrogen and oxygen atoms in total. The third-order valence-electron chi connectivity index (χ3n) is 2.45. The lowest BCUT2D eigenvalue weighted by Gasteiger charge is -2.15. The summed E-state index contributed by atoms with van der Waals surface area (Å²) in [6, 6.07) is 8.88. The first-order chi connectivity index (χ1) is 7.31. The number of rotatable bonds is 3. The molecule has 1 aliphatic heterocycles. The summed E-state index contributed by atoms with van der Waals surface area (Å²) in [5, 5.41) is 3.94. The van der Waals surface area contributed by atoms with Gasteiger partial charge in [-0.3, -0.25) is 5.32 Å². The van der Waals surface area contributed by atoms with E-state index in [4.69, 9.17) is 4.74 Å². The van der Waals surface area contributed by atoms with E-state index in [2.05, 4.69) is 24.4 Å². The quantitative estimate of drug-likeness (QED) is 0.851. The Labute approximate surface area is 95.4 Å². The zero-order valence-corrected chi connectivity index (χ0v) is 10.0. The van der Waals surface area contributed by atoms with Crippen LogP contribution < -0.4 is 10.1 Å². The number of hydrogen-bond donors (Lipinski definition) is 1. The van der Waals surface area contributed by atoms with Crippen molar-refractivity contribution in [2.45, 2.75) is 25.3 Å². The highest BCUT2D eigenvalue weighted by Crippen LogP contribution is 2.37. The lowest BCUT2D eigenvalue weighted by atomic mass is 10.2. The summed E-state index contributed by atoms with van der Waals surface area (Å²) < 4.78 is 5.63. The van der Waals surface area contributed by atoms with Crippen LogP contribution in [0.25, 0.3) is 0 Å². The van der Waals surface area contributed by atoms with Crippen LogP contribution in [0.1, 0.15) is 24.8 Å². The molecule has 1 saturated heterocycles. The summed E-state index contributed by atoms with van der Waals surface area (Å²) in [6.07, 6.45) is 0. The molecular formula is C12H17NOS. The number of hydrogen-bond acceptors (Lipinski definition) is 3. The van der Waals surface area contributed by atoms with Crippen molar-refractivity contribution in [3.8, 4) is 5.75 Å². The molecule has 0 bridgehead atoms. The van der Waals surface area contributed by atoms with E-state index < -0.39 is 0 Å². The lowest BCUT2D eigenvalue weighted by Crippen LogP contribution is -2.22. The summed E-state index contributed by atoms with van der Waals surface area (Å²) in [7, 11) is 0. The van der Waals surface area contributed by atoms with Gasteiger partial charge in [0.1, 0.15) is 5.75 Å². The summed E-state index contributed by atoms with van der Waals surface area (Å²) in [6.45, 7) is 4.97. The van der Waals surface area contributed by atoms with Crippen LogP contribution in [0.15, 0.2) is 24.3 Å². The van der Waals surface area contributed by atoms with Gasteiger partial charge >= 0.3 is 0 Å². The van der Waals surface area contributed by atoms with Crippen molar-refractivity contribution in [3.63, 3.8) is 0 Å². The molecule has 0 spiro atoms. The fourth-order valence-corrected chi connectivity index (χ4v) is 3.04. The number of ether oxygens (including phenoxy) is 1. The van der Waals surface area contributed by atoms with Gasteiger partial charge < -0.3 is 4.74 Å². The molecule has 0 aliphatic carbocycles. The van der Waals surface area contributed by atoms with E-state index in [0.29, 0.717) is 11.4 Å². The molecule has 82 valence electrons. The first-order valence-electron chi connectivity index (χ1n) is 5.40. The molecule has 1 aromatic rings. The Balaban J connectivity index is 2.19. The van der Waals surface area contributed by atoms with Gasteiger partial charge in [0.25, 0.3) is 0 Å². The van der Waals surface area contributed by atoms with Crippen LogP contribution in [-0.2, 0) is 0 Å². The van der Waals surface area contributed by atoms with Crippen LogP contribution in [0, 0.1) is 0 Å². The average molecular weight is 223 g/mol. The Hall–Kier alpha value is -0.670. The maximum Gasteiger partial charge on any atom is 0.124 e. The summed E-state index contributed by atoms with van der Waals surface area (Å²) >= 11 is 1.95. The molecule has 0 amide bonds. The van der Waals surface area contributed by atoms with Crippen molar-refractivity contribution < 1.29 is 4.74 Å². The molecule has 1 fully saturated rings. The van der Waals surface area contributed by atoms with Crippen molar-refractivity contribution in [1.82, 2.24) is 5.32 Å². The van der Waals surface area contributed by atoms with Crippen LogP contribution in [-0.4, -0.2) is 18.4 Å². The highest BCUT2D eigenvalue weighted by Gasteiger charge is 2.24. The van der Waals surface area contributed by atoms with E-state index in [1.54, 1.807) is 0 Å². The third-order valence-corrected chi connectivity index (χ3v) is 3.87. The van der Waals surface area contributed by atoms with Gasteiger partial charge in [0, 0.05) is 17.4 Å². The largest absolute Gasteiger partial charge is 0.494 e. The minimum Gasteiger partial charge on any atom is -0.494 e. The first kappa shape index (κ1) is 10.8. The predicted molar refractivity (Wildman–Crippen MR) is 65.4 cm³/mol. The molecule has 1 aliphatic rings. The molecule has 2 rings (SSSR count). The van der Waals surface area contributed by atoms with Gasteiger partial charge in [-0.1, -0.05) is 18.2 Å². The normalized spacial score (nSPS) is 25.5. The molecule has 1 heterocycles. The molecule has 2 unspecified atom stereocenters. The molecule has 15 heavy (non-hydrogen) atoms. The topological polar surface area (TPSA) is 21.3 Å². The van der Waals surface area contributed by atoms with Crippen LogP contribution >= 0.6 is 11.8 Å². The molecule has 0 aromatic heterocycles. The van der Waals surface area contributed by atoms with Crippen molar-refractivity contribution in [2.24, 2.45) is 0 Å². The van der Waals surface area contributed by atoms with Crippen molar-refractivity contribution in [3.05, 3.63) is 29.8 Å². The second-order valence-electron chi connectivity index (χ2n) is 3.75. The first-order valence-corrected chi connectivity index (χ1v) is 6.45. The van der Waals surface area contributed by atoms with E-state index in [0.717, 1.165) is 12.4 Å². The van der Waals surface area contributed by atoms with E-state index in [9.17, 15) is 0 Å². The summed E-state index contributed by atoms with van der Waals surface area (Å²) in [5.74, 6) is 2.18. The standard InChI is InChI=1S/C12H17NOS/c1-3-14-11-7-5-4-6-10(11)12-13-9(2)8-15-12/h4-7,9,12-13H,3,8H2,1-2H3. The average Bonchev–Trinajstić information content (AvgIpc) is 2.66. The number of para-hydroxylation sites is 1. The van der Waals surface area contributed by atoms with Crippen LogP contribution in [0.4, 0.5) is 0 Å². The van der Waals surface area contributed by atoms with Gasteiger partial charge in [0.2, 0.25) is 0 Å². The fourth-order valence-electron chi connectivity index (χ4n) is 1.76. The summed E-state index contributed by atoms with van der Waals surface area (Å²) in [5.41, 5.74) is 1.27. The summed E-state index contributed by atoms with van der Waals surface area (Å²) in [4.78, 5) is 0. The molecule has 1 aromatic carbocycles. The smallest absolute Gasteiger partial charge is 0.124 e. The van der Waals surface area contributed by atoms with E-state index in [1.165, 1.54) is 11.3 Å². The highest BCUT2D eigenvalue weighted by atomic mass is 32.2. The van der Waals surface area contributed by atoms with Crippen LogP contribution in [0.2, 0.25) is 0 Å². The van der Waals surface area contributed by atoms with Crippen LogP contribution in [0.3, 0.4) is 0 Å². The van der Waals surface area contributed by atoms with Gasteiger partial charge in [0.05, 0.1) is 12.0 Å². The molecule has 2 atom stereocenters. The number of benzene rings is 1. The third kappa shape index (κ3) is 2.47. The van der Waals surface area contributed by atoms with Gasteiger partial charge in [0.15, 0.2) is 0 Å². The minimum absolute atomic E-state index is 0.391. The Morgan fingerprint density at radius 2 is 2.27 bits per heavy atom. The van der Waals surface area contributed by atoms with Crippen molar-refractivity contribution in [1.29, 1.82) is 0 Å². The van der Waals surface area contributed by atoms with Crippen molar-refractivity contribution in [2.75, 3.05) is 12.4 Å². The Bertz CT molecular complexity index is 329. The molecule has 3 heteroatoms. The van der Waals surface area contributed by atoms with Crippen LogP contribution in [0.5, 0.6) is 5.75 Å². The lowest BCUT2D eigenvalue weighted by molar-refractivity contribution is 0.335. The maximum absolute atomic E-state index is 5.63. The Kier molecular flexibility index (Phi) is 3.54. The molecule has 0 saturated carbocycles. The highest BCUT2D eigenvalue weighted by molar-refractivity contribution is 7.99. The van der Waals surface area contributed by atoms with Gasteiger partial charge in [-0.05, 0) is 19.9 Å². The Morgan fingerprint density at radius 3 is 2.93 bits per heavy atom. The fraction of sp³-hybridized carbons (Fsp3) is 0.500. The second kappa shape index (κ2) is 4.90. The van der Waals surface area contributed by atoms with Crippen molar-refractivity contribution >= 4 is 11.8 Å². The zero-order chi connectivity index (χ0) is 10.7. The van der Waals surface area contributed by atoms with Gasteiger partial charge in [-0.15, -0.1) is 11.8 Å². The molecule has 0 radical (unpaired) electrons. The number of nitrogens with one attached hydrogen (secondary N) is 1. The maximum atomic E-state index is 5.63. The predicted octanol–water partition coefficient (Wildman–Crippen LogP) is 2.81. The molecule has 1 N–H and O–H groups in total. The van der Waals surface area contributed by atoms with E-state index in [-0.39, 0.29) is 0 Å². The van der Waals surface area contributed by atoms with Gasteiger partial charge in [-0.25, -0.2) is 0 Å². The molecular weight excluding hydrogens is 206 g/mol. The van der Waals surface area contributed by atoms with E-state index >= 15 is 0 Å². The second-order valence-corrected chi connectivity index (χ2v) is 4.89.